The Balaban J connectivity index is 2.02. The van der Waals surface area contributed by atoms with Crippen molar-refractivity contribution in [1.29, 1.82) is 0 Å². The molecule has 2 amide bonds. The van der Waals surface area contributed by atoms with E-state index in [1.54, 1.807) is 6.92 Å². The molecule has 156 valence electrons. The molecule has 0 radical (unpaired) electrons. The Morgan fingerprint density at radius 3 is 2.50 bits per heavy atom. The summed E-state index contributed by atoms with van der Waals surface area (Å²) in [7, 11) is -3.77. The van der Waals surface area contributed by atoms with Crippen molar-refractivity contribution in [2.45, 2.75) is 38.0 Å². The van der Waals surface area contributed by atoms with Crippen LogP contribution in [0.5, 0.6) is 0 Å². The van der Waals surface area contributed by atoms with Crippen molar-refractivity contribution in [3.63, 3.8) is 0 Å². The Kier molecular flexibility index (Phi) is 7.48. The van der Waals surface area contributed by atoms with Crippen LogP contribution in [0.3, 0.4) is 0 Å². The number of sulfone groups is 1. The maximum Gasteiger partial charge on any atom is 0.244 e. The molecule has 2 rings (SSSR count). The van der Waals surface area contributed by atoms with Crippen LogP contribution in [0.4, 0.5) is 14.5 Å². The number of benzene rings is 1. The van der Waals surface area contributed by atoms with Gasteiger partial charge in [-0.25, -0.2) is 17.2 Å². The smallest absolute Gasteiger partial charge is 0.244 e. The number of hydrogen-bond acceptors (Lipinski definition) is 5. The van der Waals surface area contributed by atoms with Crippen LogP contribution in [0.1, 0.15) is 26.7 Å². The number of nitrogens with one attached hydrogen (secondary N) is 1. The first-order valence-electron chi connectivity index (χ1n) is 9.01. The third kappa shape index (κ3) is 5.48. The van der Waals surface area contributed by atoms with Crippen molar-refractivity contribution in [2.75, 3.05) is 30.8 Å². The number of amides is 2. The lowest BCUT2D eigenvalue weighted by Crippen LogP contribution is -2.46. The molecule has 1 aliphatic rings. The molecule has 28 heavy (non-hydrogen) atoms. The summed E-state index contributed by atoms with van der Waals surface area (Å²) in [5.41, 5.74) is -0.616. The monoisotopic (exact) mass is 418 g/mol. The predicted octanol–water partition coefficient (Wildman–Crippen LogP) is 1.73. The Labute approximate surface area is 163 Å². The second-order valence-electron chi connectivity index (χ2n) is 6.60. The molecule has 2 atom stereocenters. The van der Waals surface area contributed by atoms with Crippen molar-refractivity contribution in [2.24, 2.45) is 0 Å². The van der Waals surface area contributed by atoms with E-state index in [2.05, 4.69) is 5.32 Å². The topological polar surface area (TPSA) is 92.8 Å². The van der Waals surface area contributed by atoms with Gasteiger partial charge >= 0.3 is 0 Å². The number of hydrogen-bond donors (Lipinski definition) is 1. The maximum atomic E-state index is 13.6. The minimum absolute atomic E-state index is 0.0613. The van der Waals surface area contributed by atoms with Gasteiger partial charge in [0.05, 0.1) is 18.4 Å². The standard InChI is InChI=1S/C18H24F2N2O5S/c1-3-22(10-16(23)21-17-14(19)7-4-8-15(17)20)18(24)12(2)28(25,26)11-13-6-5-9-27-13/h4,7-8,12-13H,3,5-6,9-11H2,1-2H3,(H,21,23)/t12-,13+/m0/s1. The van der Waals surface area contributed by atoms with E-state index in [4.69, 9.17) is 4.74 Å². The minimum atomic E-state index is -3.77. The van der Waals surface area contributed by atoms with Crippen LogP contribution < -0.4 is 5.32 Å². The van der Waals surface area contributed by atoms with Crippen LogP contribution in [0.15, 0.2) is 18.2 Å². The first-order valence-corrected chi connectivity index (χ1v) is 10.7. The number of rotatable bonds is 8. The van der Waals surface area contributed by atoms with Gasteiger partial charge in [-0.15, -0.1) is 0 Å². The van der Waals surface area contributed by atoms with E-state index in [1.807, 2.05) is 0 Å². The average Bonchev–Trinajstić information content (AvgIpc) is 3.14. The highest BCUT2D eigenvalue weighted by atomic mass is 32.2. The summed E-state index contributed by atoms with van der Waals surface area (Å²) in [4.78, 5) is 25.8. The SMILES string of the molecule is CCN(CC(=O)Nc1c(F)cccc1F)C(=O)[C@H](C)S(=O)(=O)C[C@H]1CCCO1. The van der Waals surface area contributed by atoms with E-state index in [0.29, 0.717) is 13.0 Å². The Bertz CT molecular complexity index is 805. The zero-order valence-electron chi connectivity index (χ0n) is 15.8. The molecule has 0 spiro atoms. The van der Waals surface area contributed by atoms with E-state index < -0.39 is 56.9 Å². The Morgan fingerprint density at radius 2 is 1.96 bits per heavy atom. The van der Waals surface area contributed by atoms with Crippen molar-refractivity contribution >= 4 is 27.3 Å². The van der Waals surface area contributed by atoms with Gasteiger partial charge in [-0.2, -0.15) is 0 Å². The fourth-order valence-electron chi connectivity index (χ4n) is 2.91. The number of carbonyl (C=O) groups excluding carboxylic acids is 2. The molecule has 0 saturated carbocycles. The molecule has 0 unspecified atom stereocenters. The third-order valence-corrected chi connectivity index (χ3v) is 6.70. The van der Waals surface area contributed by atoms with Crippen LogP contribution in [-0.4, -0.2) is 61.9 Å². The second-order valence-corrected chi connectivity index (χ2v) is 8.97. The second kappa shape index (κ2) is 9.42. The highest BCUT2D eigenvalue weighted by molar-refractivity contribution is 7.92. The third-order valence-electron chi connectivity index (χ3n) is 4.58. The Morgan fingerprint density at radius 1 is 1.32 bits per heavy atom. The molecule has 1 N–H and O–H groups in total. The van der Waals surface area contributed by atoms with E-state index in [0.717, 1.165) is 29.5 Å². The molecule has 7 nitrogen and oxygen atoms in total. The lowest BCUT2D eigenvalue weighted by atomic mass is 10.3. The van der Waals surface area contributed by atoms with Crippen LogP contribution in [0.25, 0.3) is 0 Å². The molecular weight excluding hydrogens is 394 g/mol. The Hall–Kier alpha value is -2.07. The maximum absolute atomic E-state index is 13.6. The molecule has 0 aliphatic carbocycles. The van der Waals surface area contributed by atoms with Gasteiger partial charge < -0.3 is 15.0 Å². The predicted molar refractivity (Wildman–Crippen MR) is 99.5 cm³/mol. The summed E-state index contributed by atoms with van der Waals surface area (Å²) in [6, 6.07) is 3.13. The van der Waals surface area contributed by atoms with Gasteiger partial charge in [0.1, 0.15) is 22.6 Å². The number of para-hydroxylation sites is 1. The molecule has 1 aromatic rings. The minimum Gasteiger partial charge on any atom is -0.377 e. The zero-order chi connectivity index (χ0) is 20.9. The molecule has 1 fully saturated rings. The molecule has 1 aromatic carbocycles. The van der Waals surface area contributed by atoms with Crippen molar-refractivity contribution in [1.82, 2.24) is 4.90 Å². The van der Waals surface area contributed by atoms with E-state index in [9.17, 15) is 26.8 Å². The number of nitrogens with zero attached hydrogens (tertiary/aromatic N) is 1. The largest absolute Gasteiger partial charge is 0.377 e. The molecule has 1 saturated heterocycles. The zero-order valence-corrected chi connectivity index (χ0v) is 16.6. The van der Waals surface area contributed by atoms with Crippen molar-refractivity contribution in [3.8, 4) is 0 Å². The number of ether oxygens (including phenoxy) is 1. The number of anilines is 1. The van der Waals surface area contributed by atoms with Crippen LogP contribution in [0.2, 0.25) is 0 Å². The fraction of sp³-hybridized carbons (Fsp3) is 0.556. The van der Waals surface area contributed by atoms with Gasteiger partial charge in [-0.3, -0.25) is 9.59 Å². The van der Waals surface area contributed by atoms with Gasteiger partial charge in [0.15, 0.2) is 9.84 Å². The van der Waals surface area contributed by atoms with Crippen LogP contribution in [0, 0.1) is 11.6 Å². The molecule has 1 heterocycles. The fourth-order valence-corrected chi connectivity index (χ4v) is 4.43. The van der Waals surface area contributed by atoms with Gasteiger partial charge in [0, 0.05) is 13.2 Å². The summed E-state index contributed by atoms with van der Waals surface area (Å²) in [6.07, 6.45) is 0.965. The van der Waals surface area contributed by atoms with Crippen LogP contribution >= 0.6 is 0 Å². The lowest BCUT2D eigenvalue weighted by Gasteiger charge is -2.24. The number of likely N-dealkylation sites (N-methyl/N-ethyl adjacent to an activating group) is 1. The highest BCUT2D eigenvalue weighted by Crippen LogP contribution is 2.19. The summed E-state index contributed by atoms with van der Waals surface area (Å²) in [6.45, 7) is 2.88. The molecule has 1 aliphatic heterocycles. The average molecular weight is 418 g/mol. The summed E-state index contributed by atoms with van der Waals surface area (Å²) < 4.78 is 57.6. The van der Waals surface area contributed by atoms with E-state index >= 15 is 0 Å². The van der Waals surface area contributed by atoms with Gasteiger partial charge in [0.2, 0.25) is 11.8 Å². The molecule has 0 bridgehead atoms. The molecule has 10 heteroatoms. The first-order chi connectivity index (χ1) is 13.2. The molecular formula is C18H24F2N2O5S. The number of halogens is 2. The highest BCUT2D eigenvalue weighted by Gasteiger charge is 2.35. The van der Waals surface area contributed by atoms with Crippen molar-refractivity contribution < 1.29 is 31.5 Å². The van der Waals surface area contributed by atoms with Gasteiger partial charge in [-0.05, 0) is 38.8 Å². The van der Waals surface area contributed by atoms with E-state index in [1.165, 1.54) is 6.92 Å². The normalized spacial score (nSPS) is 17.9. The molecule has 0 aromatic heterocycles. The first kappa shape index (κ1) is 22.2. The van der Waals surface area contributed by atoms with Gasteiger partial charge in [0.25, 0.3) is 0 Å². The van der Waals surface area contributed by atoms with E-state index in [-0.39, 0.29) is 12.3 Å². The lowest BCUT2D eigenvalue weighted by molar-refractivity contribution is -0.133. The van der Waals surface area contributed by atoms with Crippen molar-refractivity contribution in [3.05, 3.63) is 29.8 Å². The summed E-state index contributed by atoms with van der Waals surface area (Å²) in [5, 5.41) is 0.730. The van der Waals surface area contributed by atoms with Gasteiger partial charge in [-0.1, -0.05) is 6.07 Å². The van der Waals surface area contributed by atoms with Crippen LogP contribution in [-0.2, 0) is 24.2 Å². The summed E-state index contributed by atoms with van der Waals surface area (Å²) >= 11 is 0. The number of carbonyl (C=O) groups is 2. The quantitative estimate of drug-likeness (QED) is 0.694. The summed E-state index contributed by atoms with van der Waals surface area (Å²) in [5.74, 6) is -3.73.